The monoisotopic (exact) mass is 236 g/mol. The Morgan fingerprint density at radius 1 is 0.824 bits per heavy atom. The van der Waals surface area contributed by atoms with Crippen LogP contribution in [0.25, 0.3) is 0 Å². The number of carbonyl (C=O) groups is 1. The summed E-state index contributed by atoms with van der Waals surface area (Å²) >= 11 is 0. The number of hydrogen-bond donors (Lipinski definition) is 0. The minimum atomic E-state index is 0.404. The third-order valence-electron chi connectivity index (χ3n) is 4.61. The van der Waals surface area contributed by atoms with Crippen LogP contribution in [0.5, 0.6) is 0 Å². The van der Waals surface area contributed by atoms with E-state index in [2.05, 4.69) is 9.80 Å². The second kappa shape index (κ2) is 4.97. The predicted octanol–water partition coefficient (Wildman–Crippen LogP) is 1.87. The highest BCUT2D eigenvalue weighted by atomic mass is 16.2. The predicted molar refractivity (Wildman–Crippen MR) is 67.8 cm³/mol. The van der Waals surface area contributed by atoms with E-state index in [1.807, 2.05) is 0 Å². The zero-order chi connectivity index (χ0) is 11.7. The number of piperidine rings is 2. The summed E-state index contributed by atoms with van der Waals surface area (Å²) in [6.07, 6.45) is 8.87. The molecule has 3 fully saturated rings. The largest absolute Gasteiger partial charge is 0.342 e. The minimum Gasteiger partial charge on any atom is -0.342 e. The number of likely N-dealkylation sites (tertiary alicyclic amines) is 2. The van der Waals surface area contributed by atoms with Crippen LogP contribution in [-0.2, 0) is 4.79 Å². The second-order valence-corrected chi connectivity index (χ2v) is 5.93. The van der Waals surface area contributed by atoms with Crippen LogP contribution in [0.4, 0.5) is 0 Å². The van der Waals surface area contributed by atoms with Gasteiger partial charge in [0.25, 0.3) is 0 Å². The molecule has 2 aliphatic heterocycles. The third kappa shape index (κ3) is 2.65. The van der Waals surface area contributed by atoms with Crippen molar-refractivity contribution in [2.24, 2.45) is 5.92 Å². The van der Waals surface area contributed by atoms with Crippen molar-refractivity contribution in [3.63, 3.8) is 0 Å². The van der Waals surface area contributed by atoms with Gasteiger partial charge in [-0.05, 0) is 51.6 Å². The molecule has 1 amide bonds. The first-order valence-electron chi connectivity index (χ1n) is 7.37. The molecule has 3 aliphatic rings. The molecule has 96 valence electrons. The van der Waals surface area contributed by atoms with E-state index in [9.17, 15) is 4.79 Å². The van der Waals surface area contributed by atoms with Crippen molar-refractivity contribution in [3.8, 4) is 0 Å². The van der Waals surface area contributed by atoms with Crippen molar-refractivity contribution in [3.05, 3.63) is 0 Å². The fourth-order valence-electron chi connectivity index (χ4n) is 3.32. The third-order valence-corrected chi connectivity index (χ3v) is 4.61. The number of hydrogen-bond acceptors (Lipinski definition) is 2. The van der Waals surface area contributed by atoms with Crippen molar-refractivity contribution in [1.82, 2.24) is 9.80 Å². The first kappa shape index (κ1) is 11.5. The van der Waals surface area contributed by atoms with Gasteiger partial charge in [-0.2, -0.15) is 0 Å². The quantitative estimate of drug-likeness (QED) is 0.731. The molecular weight excluding hydrogens is 212 g/mol. The Morgan fingerprint density at radius 3 is 2.06 bits per heavy atom. The van der Waals surface area contributed by atoms with Gasteiger partial charge < -0.3 is 9.80 Å². The van der Waals surface area contributed by atoms with Crippen molar-refractivity contribution < 1.29 is 4.79 Å². The van der Waals surface area contributed by atoms with E-state index < -0.39 is 0 Å². The number of rotatable bonds is 2. The Labute approximate surface area is 104 Å². The van der Waals surface area contributed by atoms with E-state index in [0.717, 1.165) is 32.0 Å². The molecule has 0 N–H and O–H groups in total. The molecule has 0 spiro atoms. The molecule has 3 nitrogen and oxygen atoms in total. The summed E-state index contributed by atoms with van der Waals surface area (Å²) in [5.74, 6) is 0.851. The van der Waals surface area contributed by atoms with E-state index in [4.69, 9.17) is 0 Å². The van der Waals surface area contributed by atoms with Gasteiger partial charge in [0.1, 0.15) is 0 Å². The van der Waals surface area contributed by atoms with Crippen LogP contribution in [0.15, 0.2) is 0 Å². The minimum absolute atomic E-state index is 0.404. The molecule has 17 heavy (non-hydrogen) atoms. The first-order chi connectivity index (χ1) is 8.34. The lowest BCUT2D eigenvalue weighted by molar-refractivity contribution is -0.134. The summed E-state index contributed by atoms with van der Waals surface area (Å²) in [4.78, 5) is 16.7. The Bertz CT molecular complexity index is 274. The Hall–Kier alpha value is -0.570. The highest BCUT2D eigenvalue weighted by Crippen LogP contribution is 2.32. The second-order valence-electron chi connectivity index (χ2n) is 5.93. The van der Waals surface area contributed by atoms with Gasteiger partial charge in [0.15, 0.2) is 0 Å². The highest BCUT2D eigenvalue weighted by Gasteiger charge is 2.35. The van der Waals surface area contributed by atoms with E-state index in [1.165, 1.54) is 45.2 Å². The molecule has 1 saturated carbocycles. The summed E-state index contributed by atoms with van der Waals surface area (Å²) in [6, 6.07) is 0.763. The normalized spacial score (nSPS) is 28.4. The summed E-state index contributed by atoms with van der Waals surface area (Å²) in [5, 5.41) is 0. The Morgan fingerprint density at radius 2 is 1.47 bits per heavy atom. The molecule has 0 aromatic rings. The molecule has 0 unspecified atom stereocenters. The van der Waals surface area contributed by atoms with Crippen LogP contribution in [0.1, 0.15) is 44.9 Å². The first-order valence-corrected chi connectivity index (χ1v) is 7.37. The zero-order valence-corrected chi connectivity index (χ0v) is 10.7. The van der Waals surface area contributed by atoms with Gasteiger partial charge in [-0.15, -0.1) is 0 Å². The van der Waals surface area contributed by atoms with Crippen LogP contribution in [0.2, 0.25) is 0 Å². The standard InChI is InChI=1S/C14H24N2O/c17-14(12-4-5-12)16-10-6-13(7-11-16)15-8-2-1-3-9-15/h12-13H,1-11H2. The lowest BCUT2D eigenvalue weighted by Gasteiger charge is -2.40. The summed E-state index contributed by atoms with van der Waals surface area (Å²) < 4.78 is 0. The van der Waals surface area contributed by atoms with Gasteiger partial charge in [0, 0.05) is 25.0 Å². The summed E-state index contributed by atoms with van der Waals surface area (Å²) in [5.41, 5.74) is 0. The average molecular weight is 236 g/mol. The number of nitrogens with zero attached hydrogens (tertiary/aromatic N) is 2. The van der Waals surface area contributed by atoms with Crippen molar-refractivity contribution in [1.29, 1.82) is 0 Å². The van der Waals surface area contributed by atoms with Gasteiger partial charge in [0.2, 0.25) is 5.91 Å². The molecule has 2 heterocycles. The summed E-state index contributed by atoms with van der Waals surface area (Å²) in [6.45, 7) is 4.61. The fourth-order valence-corrected chi connectivity index (χ4v) is 3.32. The maximum atomic E-state index is 12.0. The Kier molecular flexibility index (Phi) is 3.37. The van der Waals surface area contributed by atoms with Crippen LogP contribution < -0.4 is 0 Å². The van der Waals surface area contributed by atoms with Crippen LogP contribution >= 0.6 is 0 Å². The highest BCUT2D eigenvalue weighted by molar-refractivity contribution is 5.81. The molecular formula is C14H24N2O. The van der Waals surface area contributed by atoms with Gasteiger partial charge in [-0.3, -0.25) is 4.79 Å². The molecule has 0 aromatic carbocycles. The van der Waals surface area contributed by atoms with Crippen molar-refractivity contribution >= 4 is 5.91 Å². The van der Waals surface area contributed by atoms with E-state index in [1.54, 1.807) is 0 Å². The maximum absolute atomic E-state index is 12.0. The van der Waals surface area contributed by atoms with E-state index in [-0.39, 0.29) is 0 Å². The molecule has 0 atom stereocenters. The molecule has 0 aromatic heterocycles. The topological polar surface area (TPSA) is 23.6 Å². The molecule has 3 rings (SSSR count). The van der Waals surface area contributed by atoms with Gasteiger partial charge in [-0.25, -0.2) is 0 Å². The number of amides is 1. The lowest BCUT2D eigenvalue weighted by atomic mass is 9.99. The van der Waals surface area contributed by atoms with Crippen LogP contribution in [-0.4, -0.2) is 47.9 Å². The fraction of sp³-hybridized carbons (Fsp3) is 0.929. The van der Waals surface area contributed by atoms with Crippen LogP contribution in [0, 0.1) is 5.92 Å². The molecule has 0 bridgehead atoms. The average Bonchev–Trinajstić information content (AvgIpc) is 3.24. The molecule has 2 saturated heterocycles. The van der Waals surface area contributed by atoms with E-state index >= 15 is 0 Å². The van der Waals surface area contributed by atoms with E-state index in [0.29, 0.717) is 11.8 Å². The molecule has 0 radical (unpaired) electrons. The lowest BCUT2D eigenvalue weighted by Crippen LogP contribution is -2.48. The summed E-state index contributed by atoms with van der Waals surface area (Å²) in [7, 11) is 0. The molecule has 3 heteroatoms. The smallest absolute Gasteiger partial charge is 0.225 e. The maximum Gasteiger partial charge on any atom is 0.225 e. The van der Waals surface area contributed by atoms with Gasteiger partial charge >= 0.3 is 0 Å². The van der Waals surface area contributed by atoms with Crippen molar-refractivity contribution in [2.75, 3.05) is 26.2 Å². The van der Waals surface area contributed by atoms with Crippen molar-refractivity contribution in [2.45, 2.75) is 51.0 Å². The number of carbonyl (C=O) groups excluding carboxylic acids is 1. The Balaban J connectivity index is 1.47. The van der Waals surface area contributed by atoms with Gasteiger partial charge in [-0.1, -0.05) is 6.42 Å². The molecule has 1 aliphatic carbocycles. The van der Waals surface area contributed by atoms with Crippen LogP contribution in [0.3, 0.4) is 0 Å². The SMILES string of the molecule is O=C(C1CC1)N1CCC(N2CCCCC2)CC1. The zero-order valence-electron chi connectivity index (χ0n) is 10.7. The van der Waals surface area contributed by atoms with Gasteiger partial charge in [0.05, 0.1) is 0 Å².